The number of allylic oxidation sites excluding steroid dienone is 2. The number of hydrogen-bond acceptors (Lipinski definition) is 1. The van der Waals surface area contributed by atoms with Crippen LogP contribution in [0, 0.1) is 16.7 Å². The third kappa shape index (κ3) is 1.85. The summed E-state index contributed by atoms with van der Waals surface area (Å²) in [4.78, 5) is 11.0. The molecule has 0 aromatic rings. The van der Waals surface area contributed by atoms with E-state index in [0.717, 1.165) is 12.7 Å². The van der Waals surface area contributed by atoms with Crippen LogP contribution in [0.25, 0.3) is 0 Å². The summed E-state index contributed by atoms with van der Waals surface area (Å²) in [5.74, 6) is 0.711. The van der Waals surface area contributed by atoms with Gasteiger partial charge in [-0.05, 0) is 49.4 Å². The Morgan fingerprint density at radius 1 is 1.44 bits per heavy atom. The van der Waals surface area contributed by atoms with E-state index < -0.39 is 0 Å². The first-order valence-electron chi connectivity index (χ1n) is 6.62. The Labute approximate surface area is 99.3 Å². The molecule has 0 aromatic heterocycles. The van der Waals surface area contributed by atoms with E-state index in [9.17, 15) is 4.79 Å². The lowest BCUT2D eigenvalue weighted by Gasteiger charge is -2.53. The Balaban J connectivity index is 2.38. The number of hydrogen-bond donors (Lipinski definition) is 0. The number of rotatable bonds is 2. The van der Waals surface area contributed by atoms with E-state index in [1.54, 1.807) is 0 Å². The molecule has 0 heterocycles. The van der Waals surface area contributed by atoms with Crippen LogP contribution in [0.15, 0.2) is 11.6 Å². The first kappa shape index (κ1) is 11.9. The number of carbonyl (C=O) groups is 1. The van der Waals surface area contributed by atoms with Gasteiger partial charge in [0.25, 0.3) is 0 Å². The summed E-state index contributed by atoms with van der Waals surface area (Å²) in [6, 6.07) is 0. The van der Waals surface area contributed by atoms with Gasteiger partial charge in [0, 0.05) is 6.42 Å². The molecule has 2 rings (SSSR count). The third-order valence-corrected chi connectivity index (χ3v) is 4.93. The molecule has 0 radical (unpaired) electrons. The molecule has 0 saturated heterocycles. The highest BCUT2D eigenvalue weighted by molar-refractivity contribution is 5.52. The monoisotopic (exact) mass is 220 g/mol. The van der Waals surface area contributed by atoms with Crippen LogP contribution in [-0.4, -0.2) is 6.29 Å². The van der Waals surface area contributed by atoms with Crippen LogP contribution in [-0.2, 0) is 4.79 Å². The Morgan fingerprint density at radius 2 is 2.19 bits per heavy atom. The maximum atomic E-state index is 11.0. The zero-order chi connectivity index (χ0) is 11.8. The molecule has 1 saturated carbocycles. The second-order valence-electron chi connectivity index (χ2n) is 6.53. The highest BCUT2D eigenvalue weighted by Crippen LogP contribution is 2.57. The summed E-state index contributed by atoms with van der Waals surface area (Å²) >= 11 is 0. The van der Waals surface area contributed by atoms with Crippen LogP contribution < -0.4 is 0 Å². The molecule has 1 fully saturated rings. The summed E-state index contributed by atoms with van der Waals surface area (Å²) in [7, 11) is 0. The average molecular weight is 220 g/mol. The van der Waals surface area contributed by atoms with Gasteiger partial charge in [0.05, 0.1) is 0 Å². The van der Waals surface area contributed by atoms with Crippen LogP contribution >= 0.6 is 0 Å². The Kier molecular flexibility index (Phi) is 2.98. The molecule has 2 atom stereocenters. The van der Waals surface area contributed by atoms with Gasteiger partial charge in [-0.1, -0.05) is 31.9 Å². The highest BCUT2D eigenvalue weighted by atomic mass is 16.1. The molecule has 2 unspecified atom stereocenters. The largest absolute Gasteiger partial charge is 0.303 e. The van der Waals surface area contributed by atoms with E-state index in [0.29, 0.717) is 11.3 Å². The molecule has 1 heteroatoms. The van der Waals surface area contributed by atoms with Gasteiger partial charge >= 0.3 is 0 Å². The quantitative estimate of drug-likeness (QED) is 0.505. The second-order valence-corrected chi connectivity index (χ2v) is 6.53. The van der Waals surface area contributed by atoms with E-state index in [4.69, 9.17) is 0 Å². The van der Waals surface area contributed by atoms with Crippen LogP contribution in [0.2, 0.25) is 0 Å². The van der Waals surface area contributed by atoms with Gasteiger partial charge < -0.3 is 4.79 Å². The molecule has 0 N–H and O–H groups in total. The van der Waals surface area contributed by atoms with Crippen molar-refractivity contribution in [3.8, 4) is 0 Å². The van der Waals surface area contributed by atoms with Crippen molar-refractivity contribution in [3.63, 3.8) is 0 Å². The first-order chi connectivity index (χ1) is 7.50. The molecule has 16 heavy (non-hydrogen) atoms. The smallest absolute Gasteiger partial charge is 0.120 e. The van der Waals surface area contributed by atoms with Crippen LogP contribution in [0.4, 0.5) is 0 Å². The van der Waals surface area contributed by atoms with Gasteiger partial charge in [0.1, 0.15) is 6.29 Å². The molecule has 0 aromatic carbocycles. The number of aldehydes is 1. The minimum Gasteiger partial charge on any atom is -0.303 e. The van der Waals surface area contributed by atoms with Gasteiger partial charge in [-0.25, -0.2) is 0 Å². The lowest BCUT2D eigenvalue weighted by atomic mass is 9.51. The number of carbonyl (C=O) groups excluding carboxylic acids is 1. The molecule has 0 aliphatic heterocycles. The summed E-state index contributed by atoms with van der Waals surface area (Å²) in [6.45, 7) is 7.01. The van der Waals surface area contributed by atoms with Crippen molar-refractivity contribution in [2.75, 3.05) is 0 Å². The van der Waals surface area contributed by atoms with Gasteiger partial charge in [0.2, 0.25) is 0 Å². The van der Waals surface area contributed by atoms with Crippen molar-refractivity contribution in [2.24, 2.45) is 16.7 Å². The van der Waals surface area contributed by atoms with Crippen LogP contribution in [0.1, 0.15) is 59.3 Å². The Hall–Kier alpha value is -0.590. The van der Waals surface area contributed by atoms with Crippen molar-refractivity contribution < 1.29 is 4.79 Å². The topological polar surface area (TPSA) is 17.1 Å². The maximum absolute atomic E-state index is 11.0. The molecule has 0 amide bonds. The van der Waals surface area contributed by atoms with E-state index in [1.807, 2.05) is 0 Å². The second kappa shape index (κ2) is 4.01. The molecule has 0 bridgehead atoms. The van der Waals surface area contributed by atoms with Crippen molar-refractivity contribution in [2.45, 2.75) is 59.3 Å². The minimum absolute atomic E-state index is 0.200. The van der Waals surface area contributed by atoms with Crippen molar-refractivity contribution in [1.29, 1.82) is 0 Å². The normalized spacial score (nSPS) is 37.4. The maximum Gasteiger partial charge on any atom is 0.120 e. The molecular weight excluding hydrogens is 196 g/mol. The van der Waals surface area contributed by atoms with E-state index in [2.05, 4.69) is 26.8 Å². The van der Waals surface area contributed by atoms with Crippen LogP contribution in [0.3, 0.4) is 0 Å². The highest BCUT2D eigenvalue weighted by Gasteiger charge is 2.48. The van der Waals surface area contributed by atoms with Crippen molar-refractivity contribution in [1.82, 2.24) is 0 Å². The molecule has 1 nitrogen and oxygen atoms in total. The lowest BCUT2D eigenvalue weighted by molar-refractivity contribution is -0.112. The van der Waals surface area contributed by atoms with Crippen molar-refractivity contribution >= 4 is 6.29 Å². The summed E-state index contributed by atoms with van der Waals surface area (Å²) in [6.07, 6.45) is 10.7. The first-order valence-corrected chi connectivity index (χ1v) is 6.62. The van der Waals surface area contributed by atoms with Gasteiger partial charge in [-0.3, -0.25) is 0 Å². The molecule has 0 spiro atoms. The summed E-state index contributed by atoms with van der Waals surface area (Å²) < 4.78 is 0. The molecule has 2 aliphatic rings. The zero-order valence-electron chi connectivity index (χ0n) is 10.9. The minimum atomic E-state index is 0.200. The van der Waals surface area contributed by atoms with E-state index >= 15 is 0 Å². The zero-order valence-corrected chi connectivity index (χ0v) is 10.9. The lowest BCUT2D eigenvalue weighted by Crippen LogP contribution is -2.44. The predicted molar refractivity (Wildman–Crippen MR) is 67.2 cm³/mol. The fourth-order valence-corrected chi connectivity index (χ4v) is 4.24. The Morgan fingerprint density at radius 3 is 2.88 bits per heavy atom. The van der Waals surface area contributed by atoms with Gasteiger partial charge in [0.15, 0.2) is 0 Å². The average Bonchev–Trinajstić information content (AvgIpc) is 2.16. The fourth-order valence-electron chi connectivity index (χ4n) is 4.24. The van der Waals surface area contributed by atoms with Crippen LogP contribution in [0.5, 0.6) is 0 Å². The molecule has 2 aliphatic carbocycles. The van der Waals surface area contributed by atoms with E-state index in [1.165, 1.54) is 37.7 Å². The molecule has 90 valence electrons. The predicted octanol–water partition coefficient (Wildman–Crippen LogP) is 4.13. The fraction of sp³-hybridized carbons (Fsp3) is 0.800. The summed E-state index contributed by atoms with van der Waals surface area (Å²) in [5.41, 5.74) is 2.11. The van der Waals surface area contributed by atoms with Crippen molar-refractivity contribution in [3.05, 3.63) is 11.6 Å². The van der Waals surface area contributed by atoms with E-state index in [-0.39, 0.29) is 5.41 Å². The van der Waals surface area contributed by atoms with Gasteiger partial charge in [-0.2, -0.15) is 0 Å². The number of fused-ring (bicyclic) bond motifs is 1. The Bertz CT molecular complexity index is 313. The van der Waals surface area contributed by atoms with Gasteiger partial charge in [-0.15, -0.1) is 0 Å². The third-order valence-electron chi connectivity index (χ3n) is 4.93. The standard InChI is InChI=1S/C15H24O/c1-12-5-6-13-14(2,3)7-4-8-15(13,11-12)9-10-16/h10-11,13H,4-9H2,1-3H3. The summed E-state index contributed by atoms with van der Waals surface area (Å²) in [5, 5.41) is 0. The SMILES string of the molecule is CC1=CC2(CC=O)CCCC(C)(C)C2CC1. The molecular formula is C15H24O.